The summed E-state index contributed by atoms with van der Waals surface area (Å²) >= 11 is 0. The molecule has 0 saturated heterocycles. The molecule has 2 nitrogen and oxygen atoms in total. The number of carbonyl (C=O) groups is 2. The summed E-state index contributed by atoms with van der Waals surface area (Å²) in [6.07, 6.45) is 4.45. The van der Waals surface area contributed by atoms with Crippen molar-refractivity contribution in [2.45, 2.75) is 46.0 Å². The highest BCUT2D eigenvalue weighted by atomic mass is 16.1. The van der Waals surface area contributed by atoms with E-state index in [1.165, 1.54) is 0 Å². The number of ketones is 2. The van der Waals surface area contributed by atoms with Crippen LogP contribution in [0.15, 0.2) is 42.5 Å². The first-order chi connectivity index (χ1) is 10.6. The van der Waals surface area contributed by atoms with Crippen LogP contribution < -0.4 is 0 Å². The van der Waals surface area contributed by atoms with Crippen molar-refractivity contribution in [1.29, 1.82) is 0 Å². The molecule has 0 heterocycles. The van der Waals surface area contributed by atoms with Crippen LogP contribution in [0, 0.1) is 5.92 Å². The Kier molecular flexibility index (Phi) is 5.88. The lowest BCUT2D eigenvalue weighted by Gasteiger charge is -2.07. The molecule has 0 N–H and O–H groups in total. The van der Waals surface area contributed by atoms with Crippen LogP contribution >= 0.6 is 0 Å². The molecule has 0 bridgehead atoms. The van der Waals surface area contributed by atoms with Gasteiger partial charge in [0.1, 0.15) is 5.78 Å². The van der Waals surface area contributed by atoms with Crippen LogP contribution in [0.4, 0.5) is 0 Å². The molecule has 0 aliphatic heterocycles. The van der Waals surface area contributed by atoms with Gasteiger partial charge in [0.05, 0.1) is 0 Å². The normalized spacial score (nSPS) is 12.3. The van der Waals surface area contributed by atoms with E-state index in [-0.39, 0.29) is 17.5 Å². The fourth-order valence-electron chi connectivity index (χ4n) is 2.62. The van der Waals surface area contributed by atoms with Crippen molar-refractivity contribution in [3.63, 3.8) is 0 Å². The highest BCUT2D eigenvalue weighted by Gasteiger charge is 2.08. The van der Waals surface area contributed by atoms with E-state index in [2.05, 4.69) is 6.07 Å². The number of fused-ring (bicyclic) bond motifs is 1. The molecule has 0 fully saturated rings. The topological polar surface area (TPSA) is 34.1 Å². The molecule has 0 aliphatic carbocycles. The zero-order valence-corrected chi connectivity index (χ0v) is 13.5. The van der Waals surface area contributed by atoms with Crippen molar-refractivity contribution >= 4 is 22.3 Å². The van der Waals surface area contributed by atoms with Gasteiger partial charge in [0, 0.05) is 17.9 Å². The second-order valence-corrected chi connectivity index (χ2v) is 6.10. The molecule has 2 heteroatoms. The molecule has 116 valence electrons. The van der Waals surface area contributed by atoms with E-state index in [4.69, 9.17) is 0 Å². The number of rotatable bonds is 8. The summed E-state index contributed by atoms with van der Waals surface area (Å²) in [6.45, 7) is 3.62. The maximum Gasteiger partial charge on any atom is 0.162 e. The van der Waals surface area contributed by atoms with Crippen molar-refractivity contribution in [2.75, 3.05) is 0 Å². The van der Waals surface area contributed by atoms with Crippen LogP contribution in [0.2, 0.25) is 0 Å². The molecule has 0 spiro atoms. The fourth-order valence-corrected chi connectivity index (χ4v) is 2.62. The van der Waals surface area contributed by atoms with Gasteiger partial charge in [-0.05, 0) is 36.6 Å². The highest BCUT2D eigenvalue weighted by Crippen LogP contribution is 2.18. The molecule has 1 atom stereocenters. The van der Waals surface area contributed by atoms with E-state index in [1.807, 2.05) is 43.3 Å². The standard InChI is InChI=1S/C20H24O2/c1-15(16(2)21)8-4-3-5-11-20(22)19-13-12-17-9-6-7-10-18(17)14-19/h6-7,9-10,12-15H,3-5,8,11H2,1-2H3. The van der Waals surface area contributed by atoms with Crippen molar-refractivity contribution in [3.05, 3.63) is 48.0 Å². The summed E-state index contributed by atoms with van der Waals surface area (Å²) in [4.78, 5) is 23.4. The third kappa shape index (κ3) is 4.52. The lowest BCUT2D eigenvalue weighted by atomic mass is 9.97. The van der Waals surface area contributed by atoms with Crippen LogP contribution in [-0.4, -0.2) is 11.6 Å². The van der Waals surface area contributed by atoms with Crippen LogP contribution in [0.25, 0.3) is 10.8 Å². The molecule has 0 aromatic heterocycles. The summed E-state index contributed by atoms with van der Waals surface area (Å²) in [7, 11) is 0. The van der Waals surface area contributed by atoms with Crippen LogP contribution in [0.5, 0.6) is 0 Å². The van der Waals surface area contributed by atoms with Crippen LogP contribution in [-0.2, 0) is 4.79 Å². The summed E-state index contributed by atoms with van der Waals surface area (Å²) in [5.41, 5.74) is 0.802. The Morgan fingerprint density at radius 3 is 2.41 bits per heavy atom. The molecule has 0 radical (unpaired) electrons. The smallest absolute Gasteiger partial charge is 0.162 e. The quantitative estimate of drug-likeness (QED) is 0.495. The molecular formula is C20H24O2. The minimum absolute atomic E-state index is 0.149. The van der Waals surface area contributed by atoms with Gasteiger partial charge in [-0.1, -0.05) is 56.2 Å². The molecule has 2 rings (SSSR count). The minimum Gasteiger partial charge on any atom is -0.300 e. The zero-order valence-electron chi connectivity index (χ0n) is 13.5. The molecule has 22 heavy (non-hydrogen) atoms. The minimum atomic E-state index is 0.149. The van der Waals surface area contributed by atoms with Gasteiger partial charge in [0.2, 0.25) is 0 Å². The van der Waals surface area contributed by atoms with Gasteiger partial charge in [-0.25, -0.2) is 0 Å². The third-order valence-electron chi connectivity index (χ3n) is 4.31. The maximum absolute atomic E-state index is 12.2. The number of unbranched alkanes of at least 4 members (excludes halogenated alkanes) is 2. The van der Waals surface area contributed by atoms with Crippen molar-refractivity contribution in [1.82, 2.24) is 0 Å². The predicted octanol–water partition coefficient (Wildman–Crippen LogP) is 5.20. The molecule has 2 aromatic rings. The van der Waals surface area contributed by atoms with E-state index in [0.717, 1.165) is 42.0 Å². The second-order valence-electron chi connectivity index (χ2n) is 6.10. The first-order valence-electron chi connectivity index (χ1n) is 8.10. The first kappa shape index (κ1) is 16.4. The SMILES string of the molecule is CC(=O)C(C)CCCCCC(=O)c1ccc2ccccc2c1. The van der Waals surface area contributed by atoms with Gasteiger partial charge in [0.25, 0.3) is 0 Å². The highest BCUT2D eigenvalue weighted by molar-refractivity contribution is 5.99. The van der Waals surface area contributed by atoms with E-state index >= 15 is 0 Å². The Morgan fingerprint density at radius 2 is 1.68 bits per heavy atom. The lowest BCUT2D eigenvalue weighted by molar-refractivity contribution is -0.120. The van der Waals surface area contributed by atoms with Gasteiger partial charge in [-0.2, -0.15) is 0 Å². The van der Waals surface area contributed by atoms with Gasteiger partial charge in [0.15, 0.2) is 5.78 Å². The molecular weight excluding hydrogens is 272 g/mol. The van der Waals surface area contributed by atoms with Gasteiger partial charge in [-0.15, -0.1) is 0 Å². The number of benzene rings is 2. The van der Waals surface area contributed by atoms with E-state index < -0.39 is 0 Å². The average molecular weight is 296 g/mol. The predicted molar refractivity (Wildman–Crippen MR) is 91.2 cm³/mol. The summed E-state index contributed by atoms with van der Waals surface area (Å²) < 4.78 is 0. The number of hydrogen-bond acceptors (Lipinski definition) is 2. The summed E-state index contributed by atoms with van der Waals surface area (Å²) in [6, 6.07) is 14.0. The zero-order chi connectivity index (χ0) is 15.9. The van der Waals surface area contributed by atoms with Gasteiger partial charge >= 0.3 is 0 Å². The van der Waals surface area contributed by atoms with E-state index in [9.17, 15) is 9.59 Å². The summed E-state index contributed by atoms with van der Waals surface area (Å²) in [5, 5.41) is 2.28. The molecule has 0 amide bonds. The molecule has 1 unspecified atom stereocenters. The average Bonchev–Trinajstić information content (AvgIpc) is 2.53. The van der Waals surface area contributed by atoms with Gasteiger partial charge < -0.3 is 0 Å². The second kappa shape index (κ2) is 7.88. The van der Waals surface area contributed by atoms with Crippen LogP contribution in [0.3, 0.4) is 0 Å². The Morgan fingerprint density at radius 1 is 0.955 bits per heavy atom. The van der Waals surface area contributed by atoms with Crippen LogP contribution in [0.1, 0.15) is 56.3 Å². The molecule has 0 aliphatic rings. The van der Waals surface area contributed by atoms with E-state index in [1.54, 1.807) is 6.92 Å². The number of Topliss-reactive ketones (excluding diaryl/α,β-unsaturated/α-hetero) is 2. The van der Waals surface area contributed by atoms with E-state index in [0.29, 0.717) is 6.42 Å². The monoisotopic (exact) mass is 296 g/mol. The Balaban J connectivity index is 1.80. The Hall–Kier alpha value is -1.96. The van der Waals surface area contributed by atoms with Crippen molar-refractivity contribution in [3.8, 4) is 0 Å². The Labute approximate surface area is 132 Å². The fraction of sp³-hybridized carbons (Fsp3) is 0.400. The lowest BCUT2D eigenvalue weighted by Crippen LogP contribution is -2.05. The largest absolute Gasteiger partial charge is 0.300 e. The van der Waals surface area contributed by atoms with Gasteiger partial charge in [-0.3, -0.25) is 9.59 Å². The van der Waals surface area contributed by atoms with Crippen molar-refractivity contribution < 1.29 is 9.59 Å². The first-order valence-corrected chi connectivity index (χ1v) is 8.10. The molecule has 0 saturated carbocycles. The number of hydrogen-bond donors (Lipinski definition) is 0. The number of carbonyl (C=O) groups excluding carboxylic acids is 2. The summed E-state index contributed by atoms with van der Waals surface area (Å²) in [5.74, 6) is 0.619. The third-order valence-corrected chi connectivity index (χ3v) is 4.31. The maximum atomic E-state index is 12.2. The molecule has 2 aromatic carbocycles. The Bertz CT molecular complexity index is 658. The van der Waals surface area contributed by atoms with Crippen molar-refractivity contribution in [2.24, 2.45) is 5.92 Å².